The molecular formula is C19H23ClF2N2O2. The molecule has 0 atom stereocenters. The number of benzene rings is 2. The Bertz CT molecular complexity index is 726. The third-order valence-electron chi connectivity index (χ3n) is 3.76. The zero-order chi connectivity index (χ0) is 18.3. The van der Waals surface area contributed by atoms with Gasteiger partial charge in [-0.3, -0.25) is 4.79 Å². The van der Waals surface area contributed by atoms with E-state index in [0.717, 1.165) is 11.1 Å². The van der Waals surface area contributed by atoms with Crippen LogP contribution < -0.4 is 15.8 Å². The van der Waals surface area contributed by atoms with Gasteiger partial charge in [-0.1, -0.05) is 36.4 Å². The van der Waals surface area contributed by atoms with Gasteiger partial charge in [0.05, 0.1) is 19.5 Å². The Morgan fingerprint density at radius 3 is 2.62 bits per heavy atom. The molecule has 0 spiro atoms. The lowest BCUT2D eigenvalue weighted by atomic mass is 10.1. The molecule has 0 aliphatic rings. The van der Waals surface area contributed by atoms with Crippen LogP contribution in [0.4, 0.5) is 8.78 Å². The van der Waals surface area contributed by atoms with Crippen molar-refractivity contribution in [2.45, 2.75) is 25.9 Å². The fourth-order valence-corrected chi connectivity index (χ4v) is 2.23. The second-order valence-corrected chi connectivity index (χ2v) is 5.88. The summed E-state index contributed by atoms with van der Waals surface area (Å²) in [5, 5.41) is 2.20. The van der Waals surface area contributed by atoms with E-state index in [0.29, 0.717) is 17.9 Å². The van der Waals surface area contributed by atoms with Crippen molar-refractivity contribution in [3.8, 4) is 5.75 Å². The van der Waals surface area contributed by atoms with Crippen molar-refractivity contribution < 1.29 is 18.3 Å². The van der Waals surface area contributed by atoms with Gasteiger partial charge >= 0.3 is 0 Å². The van der Waals surface area contributed by atoms with Crippen molar-refractivity contribution >= 4 is 18.3 Å². The SMILES string of the molecule is Cc1ccccc1COc1cccc(CC(=O)NCC(F)(F)CN)c1.Cl. The quantitative estimate of drug-likeness (QED) is 0.734. The topological polar surface area (TPSA) is 64.3 Å². The molecule has 0 radical (unpaired) electrons. The van der Waals surface area contributed by atoms with Gasteiger partial charge in [-0.05, 0) is 35.7 Å². The van der Waals surface area contributed by atoms with E-state index in [-0.39, 0.29) is 18.8 Å². The van der Waals surface area contributed by atoms with Crippen molar-refractivity contribution in [1.82, 2.24) is 5.32 Å². The molecule has 0 unspecified atom stereocenters. The molecule has 2 aromatic carbocycles. The standard InChI is InChI=1S/C19H22F2N2O2.ClH/c1-14-5-2-3-7-16(14)11-25-17-8-4-6-15(9-17)10-18(24)23-13-19(20,21)12-22;/h2-9H,10-13,22H2,1H3,(H,23,24);1H. The van der Waals surface area contributed by atoms with Crippen LogP contribution in [0.5, 0.6) is 5.75 Å². The molecule has 0 heterocycles. The summed E-state index contributed by atoms with van der Waals surface area (Å²) in [6, 6.07) is 15.0. The van der Waals surface area contributed by atoms with E-state index in [2.05, 4.69) is 5.32 Å². The average Bonchev–Trinajstić information content (AvgIpc) is 2.60. The van der Waals surface area contributed by atoms with Gasteiger partial charge in [-0.15, -0.1) is 12.4 Å². The fourth-order valence-electron chi connectivity index (χ4n) is 2.23. The Morgan fingerprint density at radius 1 is 1.19 bits per heavy atom. The van der Waals surface area contributed by atoms with E-state index in [1.165, 1.54) is 0 Å². The van der Waals surface area contributed by atoms with E-state index in [1.807, 2.05) is 31.2 Å². The first kappa shape index (κ1) is 21.9. The van der Waals surface area contributed by atoms with E-state index >= 15 is 0 Å². The van der Waals surface area contributed by atoms with Crippen molar-refractivity contribution in [1.29, 1.82) is 0 Å². The molecule has 0 aromatic heterocycles. The lowest BCUT2D eigenvalue weighted by Crippen LogP contribution is -2.42. The Labute approximate surface area is 158 Å². The Kier molecular flexibility index (Phi) is 8.48. The maximum atomic E-state index is 13.1. The van der Waals surface area contributed by atoms with E-state index in [1.54, 1.807) is 24.3 Å². The minimum atomic E-state index is -3.09. The third-order valence-corrected chi connectivity index (χ3v) is 3.76. The molecule has 2 rings (SSSR count). The highest BCUT2D eigenvalue weighted by Gasteiger charge is 2.27. The molecule has 4 nitrogen and oxygen atoms in total. The van der Waals surface area contributed by atoms with Gasteiger partial charge in [0.1, 0.15) is 12.4 Å². The number of hydrogen-bond donors (Lipinski definition) is 2. The smallest absolute Gasteiger partial charge is 0.277 e. The van der Waals surface area contributed by atoms with Crippen LogP contribution in [0.15, 0.2) is 48.5 Å². The zero-order valence-electron chi connectivity index (χ0n) is 14.5. The molecule has 142 valence electrons. The van der Waals surface area contributed by atoms with Crippen molar-refractivity contribution in [3.05, 3.63) is 65.2 Å². The highest BCUT2D eigenvalue weighted by atomic mass is 35.5. The lowest BCUT2D eigenvalue weighted by molar-refractivity contribution is -0.122. The molecule has 0 saturated heterocycles. The first-order valence-corrected chi connectivity index (χ1v) is 8.00. The Balaban J connectivity index is 0.00000338. The second-order valence-electron chi connectivity index (χ2n) is 5.88. The van der Waals surface area contributed by atoms with Crippen molar-refractivity contribution in [3.63, 3.8) is 0 Å². The average molecular weight is 385 g/mol. The molecule has 1 amide bonds. The monoisotopic (exact) mass is 384 g/mol. The number of amides is 1. The molecule has 0 fully saturated rings. The van der Waals surface area contributed by atoms with Gasteiger partial charge in [-0.2, -0.15) is 0 Å². The summed E-state index contributed by atoms with van der Waals surface area (Å²) in [4.78, 5) is 11.8. The van der Waals surface area contributed by atoms with Gasteiger partial charge in [0, 0.05) is 0 Å². The number of rotatable bonds is 8. The van der Waals surface area contributed by atoms with Crippen LogP contribution in [0.3, 0.4) is 0 Å². The number of aryl methyl sites for hydroxylation is 1. The van der Waals surface area contributed by atoms with Crippen molar-refractivity contribution in [2.75, 3.05) is 13.1 Å². The highest BCUT2D eigenvalue weighted by molar-refractivity contribution is 5.85. The van der Waals surface area contributed by atoms with E-state index in [9.17, 15) is 13.6 Å². The predicted molar refractivity (Wildman–Crippen MR) is 99.9 cm³/mol. The van der Waals surface area contributed by atoms with E-state index in [4.69, 9.17) is 10.5 Å². The number of ether oxygens (including phenoxy) is 1. The third kappa shape index (κ3) is 6.98. The van der Waals surface area contributed by atoms with Gasteiger partial charge in [0.25, 0.3) is 5.92 Å². The number of carbonyl (C=O) groups excluding carboxylic acids is 1. The molecule has 0 bridgehead atoms. The Morgan fingerprint density at radius 2 is 1.92 bits per heavy atom. The number of nitrogens with two attached hydrogens (primary N) is 1. The van der Waals surface area contributed by atoms with Crippen LogP contribution in [0, 0.1) is 6.92 Å². The molecule has 0 aliphatic heterocycles. The van der Waals surface area contributed by atoms with Gasteiger partial charge in [-0.25, -0.2) is 8.78 Å². The summed E-state index contributed by atoms with van der Waals surface area (Å²) in [6.07, 6.45) is 0.00220. The molecule has 3 N–H and O–H groups in total. The molecule has 7 heteroatoms. The number of nitrogens with one attached hydrogen (secondary N) is 1. The summed E-state index contributed by atoms with van der Waals surface area (Å²) in [6.45, 7) is 0.878. The molecule has 26 heavy (non-hydrogen) atoms. The summed E-state index contributed by atoms with van der Waals surface area (Å²) >= 11 is 0. The van der Waals surface area contributed by atoms with Gasteiger partial charge < -0.3 is 15.8 Å². The second kappa shape index (κ2) is 10.1. The minimum absolute atomic E-state index is 0. The summed E-state index contributed by atoms with van der Waals surface area (Å²) in [5.74, 6) is -2.95. The molecule has 2 aromatic rings. The largest absolute Gasteiger partial charge is 0.489 e. The van der Waals surface area contributed by atoms with Crippen LogP contribution >= 0.6 is 12.4 Å². The maximum Gasteiger partial charge on any atom is 0.277 e. The number of carbonyl (C=O) groups is 1. The fraction of sp³-hybridized carbons (Fsp3) is 0.316. The van der Waals surface area contributed by atoms with Crippen molar-refractivity contribution in [2.24, 2.45) is 5.73 Å². The first-order chi connectivity index (χ1) is 11.9. The van der Waals surface area contributed by atoms with Crippen LogP contribution in [0.1, 0.15) is 16.7 Å². The summed E-state index contributed by atoms with van der Waals surface area (Å²) < 4.78 is 31.9. The lowest BCUT2D eigenvalue weighted by Gasteiger charge is -2.14. The van der Waals surface area contributed by atoms with Crippen LogP contribution in [-0.4, -0.2) is 24.9 Å². The van der Waals surface area contributed by atoms with Gasteiger partial charge in [0.2, 0.25) is 5.91 Å². The maximum absolute atomic E-state index is 13.1. The zero-order valence-corrected chi connectivity index (χ0v) is 15.3. The summed E-state index contributed by atoms with van der Waals surface area (Å²) in [5.41, 5.74) is 7.85. The van der Waals surface area contributed by atoms with E-state index < -0.39 is 24.9 Å². The highest BCUT2D eigenvalue weighted by Crippen LogP contribution is 2.17. The normalized spacial score (nSPS) is 10.8. The number of halogens is 3. The number of hydrogen-bond acceptors (Lipinski definition) is 3. The predicted octanol–water partition coefficient (Wildman–Crippen LogP) is 3.25. The molecule has 0 saturated carbocycles. The van der Waals surface area contributed by atoms with Crippen LogP contribution in [0.2, 0.25) is 0 Å². The molecule has 0 aliphatic carbocycles. The van der Waals surface area contributed by atoms with Gasteiger partial charge in [0.15, 0.2) is 0 Å². The van der Waals surface area contributed by atoms with Crippen LogP contribution in [0.25, 0.3) is 0 Å². The Hall–Kier alpha value is -2.18. The minimum Gasteiger partial charge on any atom is -0.489 e. The summed E-state index contributed by atoms with van der Waals surface area (Å²) in [7, 11) is 0. The molecular weight excluding hydrogens is 362 g/mol. The van der Waals surface area contributed by atoms with Crippen LogP contribution in [-0.2, 0) is 17.8 Å². The first-order valence-electron chi connectivity index (χ1n) is 8.00. The number of alkyl halides is 2.